The van der Waals surface area contributed by atoms with Crippen LogP contribution in [0.2, 0.25) is 0 Å². The molecule has 0 saturated carbocycles. The molecule has 4 aromatic rings. The lowest BCUT2D eigenvalue weighted by Gasteiger charge is -2.17. The molecule has 2 atom stereocenters. The molecule has 0 aliphatic rings. The van der Waals surface area contributed by atoms with E-state index < -0.39 is 0 Å². The maximum atomic E-state index is 2.47. The number of rotatable bonds is 39. The quantitative estimate of drug-likeness (QED) is 0.0392. The third-order valence-corrected chi connectivity index (χ3v) is 17.9. The van der Waals surface area contributed by atoms with Gasteiger partial charge in [0, 0.05) is 29.3 Å². The van der Waals surface area contributed by atoms with Gasteiger partial charge in [-0.15, -0.1) is 45.3 Å². The van der Waals surface area contributed by atoms with E-state index in [0.717, 1.165) is 11.8 Å². The van der Waals surface area contributed by atoms with Crippen molar-refractivity contribution >= 4 is 45.3 Å². The van der Waals surface area contributed by atoms with Crippen molar-refractivity contribution in [3.05, 3.63) is 58.3 Å². The van der Waals surface area contributed by atoms with Crippen LogP contribution in [0.4, 0.5) is 0 Å². The van der Waals surface area contributed by atoms with Crippen LogP contribution in [-0.2, 0) is 12.8 Å². The van der Waals surface area contributed by atoms with Crippen molar-refractivity contribution in [3.8, 4) is 29.3 Å². The lowest BCUT2D eigenvalue weighted by Crippen LogP contribution is -2.05. The highest BCUT2D eigenvalue weighted by atomic mass is 32.1. The summed E-state index contributed by atoms with van der Waals surface area (Å²) in [6.45, 7) is 9.31. The Morgan fingerprint density at radius 3 is 0.883 bits per heavy atom. The fraction of sp³-hybridized carbons (Fsp3) is 0.714. The second-order valence-electron chi connectivity index (χ2n) is 18.7. The molecule has 0 spiro atoms. The Balaban J connectivity index is 1.35. The molecule has 0 bridgehead atoms. The van der Waals surface area contributed by atoms with Crippen molar-refractivity contribution < 1.29 is 0 Å². The van der Waals surface area contributed by atoms with E-state index in [-0.39, 0.29) is 0 Å². The molecule has 4 rings (SSSR count). The van der Waals surface area contributed by atoms with Gasteiger partial charge >= 0.3 is 0 Å². The van der Waals surface area contributed by atoms with Crippen LogP contribution in [0.25, 0.3) is 29.3 Å². The predicted octanol–water partition coefficient (Wildman–Crippen LogP) is 21.8. The van der Waals surface area contributed by atoms with Gasteiger partial charge in [-0.25, -0.2) is 0 Å². The Morgan fingerprint density at radius 1 is 0.317 bits per heavy atom. The summed E-state index contributed by atoms with van der Waals surface area (Å²) in [4.78, 5) is 8.92. The summed E-state index contributed by atoms with van der Waals surface area (Å²) >= 11 is 8.02. The molecule has 0 N–H and O–H groups in total. The van der Waals surface area contributed by atoms with Gasteiger partial charge in [0.05, 0.1) is 0 Å². The first-order valence-electron chi connectivity index (χ1n) is 26.0. The first-order chi connectivity index (χ1) is 29.7. The Bertz CT molecular complexity index is 1450. The number of hydrogen-bond acceptors (Lipinski definition) is 4. The fourth-order valence-electron chi connectivity index (χ4n) is 9.49. The molecule has 0 aromatic carbocycles. The second kappa shape index (κ2) is 33.3. The van der Waals surface area contributed by atoms with E-state index in [1.54, 1.807) is 20.9 Å². The first-order valence-corrected chi connectivity index (χ1v) is 29.4. The Hall–Kier alpha value is -1.20. The van der Waals surface area contributed by atoms with Crippen LogP contribution in [0.3, 0.4) is 0 Å². The van der Waals surface area contributed by atoms with E-state index in [2.05, 4.69) is 74.9 Å². The number of unbranched alkanes of at least 4 members (excludes halogenated alkanes) is 24. The van der Waals surface area contributed by atoms with E-state index in [1.165, 1.54) is 238 Å². The molecule has 0 saturated heterocycles. The predicted molar refractivity (Wildman–Crippen MR) is 279 cm³/mol. The Labute approximate surface area is 388 Å². The lowest BCUT2D eigenvalue weighted by molar-refractivity contribution is 0.401. The Morgan fingerprint density at radius 2 is 0.583 bits per heavy atom. The molecule has 0 nitrogen and oxygen atoms in total. The third-order valence-electron chi connectivity index (χ3n) is 13.3. The average Bonchev–Trinajstić information content (AvgIpc) is 4.10. The van der Waals surface area contributed by atoms with Gasteiger partial charge in [0.1, 0.15) is 0 Å². The highest BCUT2D eigenvalue weighted by Gasteiger charge is 2.19. The molecular weight excluding hydrogens is 801 g/mol. The van der Waals surface area contributed by atoms with Gasteiger partial charge < -0.3 is 0 Å². The molecule has 4 heterocycles. The monoisotopic (exact) mass is 891 g/mol. The van der Waals surface area contributed by atoms with Crippen LogP contribution >= 0.6 is 45.3 Å². The van der Waals surface area contributed by atoms with Gasteiger partial charge in [-0.3, -0.25) is 0 Å². The smallest absolute Gasteiger partial charge is 0.0474 e. The zero-order valence-corrected chi connectivity index (χ0v) is 42.7. The van der Waals surface area contributed by atoms with Crippen LogP contribution in [0.1, 0.15) is 244 Å². The molecule has 2 unspecified atom stereocenters. The lowest BCUT2D eigenvalue weighted by atomic mass is 9.88. The average molecular weight is 892 g/mol. The summed E-state index contributed by atoms with van der Waals surface area (Å²) in [5, 5.41) is 4.75. The minimum Gasteiger partial charge on any atom is -0.143 e. The molecule has 0 aliphatic carbocycles. The fourth-order valence-corrected chi connectivity index (χ4v) is 13.8. The topological polar surface area (TPSA) is 0 Å². The van der Waals surface area contributed by atoms with E-state index in [0.29, 0.717) is 0 Å². The highest BCUT2D eigenvalue weighted by Crippen LogP contribution is 2.45. The molecule has 0 fully saturated rings. The molecule has 0 aliphatic heterocycles. The van der Waals surface area contributed by atoms with Gasteiger partial charge in [0.15, 0.2) is 0 Å². The maximum absolute atomic E-state index is 2.47. The first kappa shape index (κ1) is 51.4. The van der Waals surface area contributed by atoms with Gasteiger partial charge in [0.25, 0.3) is 0 Å². The molecule has 0 radical (unpaired) electrons. The van der Waals surface area contributed by atoms with Crippen LogP contribution in [0, 0.1) is 11.8 Å². The summed E-state index contributed by atoms with van der Waals surface area (Å²) < 4.78 is 0. The summed E-state index contributed by atoms with van der Waals surface area (Å²) in [7, 11) is 0. The molecular formula is C56H90S4. The van der Waals surface area contributed by atoms with Crippen molar-refractivity contribution in [2.24, 2.45) is 11.8 Å². The van der Waals surface area contributed by atoms with Gasteiger partial charge in [0.2, 0.25) is 0 Å². The summed E-state index contributed by atoms with van der Waals surface area (Å²) in [5.41, 5.74) is 3.23. The van der Waals surface area contributed by atoms with Crippen molar-refractivity contribution in [1.29, 1.82) is 0 Å². The molecule has 60 heavy (non-hydrogen) atoms. The normalized spacial score (nSPS) is 12.8. The van der Waals surface area contributed by atoms with E-state index in [4.69, 9.17) is 0 Å². The molecule has 0 amide bonds. The van der Waals surface area contributed by atoms with Crippen molar-refractivity contribution in [1.82, 2.24) is 0 Å². The second-order valence-corrected chi connectivity index (χ2v) is 22.7. The largest absolute Gasteiger partial charge is 0.143 e. The zero-order chi connectivity index (χ0) is 42.3. The standard InChI is InChI=1S/C56H90S4/c1-5-9-13-17-21-23-27-31-35-47(33-29-25-19-15-11-7-3)45-49-41-43-57-55(49)53-39-37-51(59-53)52-38-40-54(60-52)56-50(42-44-58-56)46-48(34-30-26-20-16-12-8-4)36-32-28-24-22-18-14-10-6-2/h37-44,47-48H,5-36,45-46H2,1-4H3. The molecule has 4 aromatic heterocycles. The summed E-state index contributed by atoms with van der Waals surface area (Å²) in [5.74, 6) is 1.66. The van der Waals surface area contributed by atoms with E-state index >= 15 is 0 Å². The maximum Gasteiger partial charge on any atom is 0.0474 e. The van der Waals surface area contributed by atoms with Gasteiger partial charge in [-0.1, -0.05) is 233 Å². The zero-order valence-electron chi connectivity index (χ0n) is 39.4. The van der Waals surface area contributed by atoms with Crippen LogP contribution in [0.5, 0.6) is 0 Å². The van der Waals surface area contributed by atoms with Crippen LogP contribution in [0.15, 0.2) is 47.2 Å². The van der Waals surface area contributed by atoms with Crippen LogP contribution in [-0.4, -0.2) is 0 Å². The molecule has 338 valence electrons. The van der Waals surface area contributed by atoms with Crippen molar-refractivity contribution in [3.63, 3.8) is 0 Å². The molecule has 4 heteroatoms. The summed E-state index contributed by atoms with van der Waals surface area (Å²) in [6, 6.07) is 14.6. The van der Waals surface area contributed by atoms with Crippen molar-refractivity contribution in [2.45, 2.75) is 246 Å². The third kappa shape index (κ3) is 20.5. The summed E-state index contributed by atoms with van der Waals surface area (Å²) in [6.07, 6.45) is 47.8. The van der Waals surface area contributed by atoms with Crippen LogP contribution < -0.4 is 0 Å². The number of thiophene rings is 4. The minimum atomic E-state index is 0.828. The van der Waals surface area contributed by atoms with E-state index in [1.807, 2.05) is 45.3 Å². The minimum absolute atomic E-state index is 0.828. The van der Waals surface area contributed by atoms with Crippen molar-refractivity contribution in [2.75, 3.05) is 0 Å². The Kier molecular flexibility index (Phi) is 28.6. The highest BCUT2D eigenvalue weighted by molar-refractivity contribution is 7.28. The number of hydrogen-bond donors (Lipinski definition) is 0. The van der Waals surface area contributed by atoms with Gasteiger partial charge in [-0.2, -0.15) is 0 Å². The van der Waals surface area contributed by atoms with Gasteiger partial charge in [-0.05, 0) is 83.0 Å². The SMILES string of the molecule is CCCCCCCCCCC(CCCCCCCC)Cc1ccsc1-c1ccc(-c2ccc(-c3sccc3CC(CCCCCCCC)CCCCCCCCCC)s2)s1. The van der Waals surface area contributed by atoms with E-state index in [9.17, 15) is 0 Å².